The number of aromatic amines is 1. The molecule has 2 unspecified atom stereocenters. The van der Waals surface area contributed by atoms with E-state index in [0.29, 0.717) is 21.8 Å². The SMILES string of the molecule is CC1CC(C(C)(C)C)C(OC(=O)c2c(-c3ccccc3)c(Br)n3c(=O)[nH]c(Oc4ccccc4)nc23)C(C(C)(C)C)C1. The fourth-order valence-electron chi connectivity index (χ4n) is 6.36. The minimum absolute atomic E-state index is 0.0102. The van der Waals surface area contributed by atoms with Crippen LogP contribution in [-0.2, 0) is 4.74 Å². The largest absolute Gasteiger partial charge is 0.458 e. The molecule has 0 saturated heterocycles. The van der Waals surface area contributed by atoms with Gasteiger partial charge in [-0.1, -0.05) is 97.0 Å². The minimum Gasteiger partial charge on any atom is -0.458 e. The average Bonchev–Trinajstić information content (AvgIpc) is 3.21. The summed E-state index contributed by atoms with van der Waals surface area (Å²) in [6, 6.07) is 18.6. The second-order valence-corrected chi connectivity index (χ2v) is 14.5. The lowest BCUT2D eigenvalue weighted by atomic mass is 9.59. The van der Waals surface area contributed by atoms with Gasteiger partial charge in [0.1, 0.15) is 22.0 Å². The fraction of sp³-hybridized carbons (Fsp3) is 0.441. The molecule has 222 valence electrons. The van der Waals surface area contributed by atoms with E-state index in [0.717, 1.165) is 18.4 Å². The van der Waals surface area contributed by atoms with Gasteiger partial charge in [-0.15, -0.1) is 0 Å². The molecule has 2 aromatic carbocycles. The van der Waals surface area contributed by atoms with Gasteiger partial charge in [0.15, 0.2) is 5.65 Å². The molecular weight excluding hydrogens is 594 g/mol. The van der Waals surface area contributed by atoms with Crippen LogP contribution in [0.1, 0.15) is 71.7 Å². The van der Waals surface area contributed by atoms with Crippen LogP contribution in [0, 0.1) is 28.6 Å². The van der Waals surface area contributed by atoms with E-state index in [-0.39, 0.29) is 46.0 Å². The Bertz CT molecular complexity index is 1610. The number of halogens is 1. The Hall–Kier alpha value is -3.39. The molecule has 0 aliphatic heterocycles. The predicted molar refractivity (Wildman–Crippen MR) is 169 cm³/mol. The highest BCUT2D eigenvalue weighted by molar-refractivity contribution is 9.10. The van der Waals surface area contributed by atoms with E-state index < -0.39 is 11.7 Å². The number of fused-ring (bicyclic) bond motifs is 1. The van der Waals surface area contributed by atoms with E-state index >= 15 is 0 Å². The first-order valence-electron chi connectivity index (χ1n) is 14.6. The van der Waals surface area contributed by atoms with Crippen molar-refractivity contribution in [1.29, 1.82) is 0 Å². The molecule has 2 atom stereocenters. The van der Waals surface area contributed by atoms with Crippen LogP contribution < -0.4 is 10.4 Å². The van der Waals surface area contributed by atoms with Crippen molar-refractivity contribution in [2.45, 2.75) is 67.4 Å². The number of carbonyl (C=O) groups excluding carboxylic acids is 1. The van der Waals surface area contributed by atoms with Crippen LogP contribution in [0.5, 0.6) is 11.8 Å². The van der Waals surface area contributed by atoms with Gasteiger partial charge < -0.3 is 9.47 Å². The maximum absolute atomic E-state index is 14.5. The number of para-hydroxylation sites is 1. The monoisotopic (exact) mass is 633 g/mol. The Morgan fingerprint density at radius 1 is 0.929 bits per heavy atom. The van der Waals surface area contributed by atoms with Crippen LogP contribution in [0.15, 0.2) is 70.1 Å². The second-order valence-electron chi connectivity index (χ2n) is 13.7. The van der Waals surface area contributed by atoms with E-state index in [2.05, 4.69) is 74.4 Å². The second kappa shape index (κ2) is 11.4. The highest BCUT2D eigenvalue weighted by Gasteiger charge is 2.48. The summed E-state index contributed by atoms with van der Waals surface area (Å²) >= 11 is 3.62. The van der Waals surface area contributed by atoms with Crippen LogP contribution in [0.4, 0.5) is 0 Å². The number of nitrogens with one attached hydrogen (secondary N) is 1. The Kier molecular flexibility index (Phi) is 8.14. The number of ether oxygens (including phenoxy) is 2. The summed E-state index contributed by atoms with van der Waals surface area (Å²) < 4.78 is 14.3. The molecule has 8 heteroatoms. The standard InChI is InChI=1S/C34H40BrN3O4/c1-20-18-23(33(2,3)4)27(24(19-20)34(5,6)7)42-30(39)26-25(21-14-10-8-11-15-21)28(35)38-29(26)36-31(37-32(38)40)41-22-16-12-9-13-17-22/h8-17,20,23-24,27H,18-19H2,1-7H3,(H,36,37,40). The van der Waals surface area contributed by atoms with Crippen molar-refractivity contribution in [1.82, 2.24) is 14.4 Å². The zero-order chi connectivity index (χ0) is 30.4. The summed E-state index contributed by atoms with van der Waals surface area (Å²) in [5.74, 6) is 0.875. The topological polar surface area (TPSA) is 85.7 Å². The molecule has 1 fully saturated rings. The lowest BCUT2D eigenvalue weighted by Crippen LogP contribution is -2.49. The molecule has 1 N–H and O–H groups in total. The summed E-state index contributed by atoms with van der Waals surface area (Å²) in [7, 11) is 0. The number of hydrogen-bond acceptors (Lipinski definition) is 5. The molecule has 1 aliphatic carbocycles. The molecule has 1 saturated carbocycles. The van der Waals surface area contributed by atoms with Gasteiger partial charge >= 0.3 is 17.7 Å². The van der Waals surface area contributed by atoms with Crippen LogP contribution in [0.3, 0.4) is 0 Å². The van der Waals surface area contributed by atoms with Crippen LogP contribution >= 0.6 is 15.9 Å². The maximum atomic E-state index is 14.5. The van der Waals surface area contributed by atoms with Crippen molar-refractivity contribution in [2.24, 2.45) is 28.6 Å². The quantitative estimate of drug-likeness (QED) is 0.223. The van der Waals surface area contributed by atoms with E-state index in [1.807, 2.05) is 48.5 Å². The Morgan fingerprint density at radius 3 is 2.02 bits per heavy atom. The van der Waals surface area contributed by atoms with Gasteiger partial charge in [-0.25, -0.2) is 14.0 Å². The normalized spacial score (nSPS) is 21.3. The van der Waals surface area contributed by atoms with Crippen LogP contribution in [-0.4, -0.2) is 26.4 Å². The van der Waals surface area contributed by atoms with Crippen molar-refractivity contribution < 1.29 is 14.3 Å². The lowest BCUT2D eigenvalue weighted by molar-refractivity contribution is -0.0922. The molecule has 0 amide bonds. The van der Waals surface area contributed by atoms with E-state index in [9.17, 15) is 9.59 Å². The van der Waals surface area contributed by atoms with Crippen molar-refractivity contribution in [3.8, 4) is 22.9 Å². The van der Waals surface area contributed by atoms with Crippen LogP contribution in [0.25, 0.3) is 16.8 Å². The predicted octanol–water partition coefficient (Wildman–Crippen LogP) is 8.52. The van der Waals surface area contributed by atoms with Gasteiger partial charge in [0.25, 0.3) is 0 Å². The number of esters is 1. The fourth-order valence-corrected chi connectivity index (χ4v) is 7.11. The highest BCUT2D eigenvalue weighted by atomic mass is 79.9. The lowest BCUT2D eigenvalue weighted by Gasteiger charge is -2.50. The van der Waals surface area contributed by atoms with Gasteiger partial charge in [0, 0.05) is 17.4 Å². The van der Waals surface area contributed by atoms with Crippen molar-refractivity contribution in [3.63, 3.8) is 0 Å². The zero-order valence-electron chi connectivity index (χ0n) is 25.4. The van der Waals surface area contributed by atoms with E-state index in [4.69, 9.17) is 9.47 Å². The van der Waals surface area contributed by atoms with Gasteiger partial charge in [-0.3, -0.25) is 4.98 Å². The third-order valence-corrected chi connectivity index (χ3v) is 9.26. The first-order chi connectivity index (χ1) is 19.8. The summed E-state index contributed by atoms with van der Waals surface area (Å²) in [6.07, 6.45) is 1.66. The summed E-state index contributed by atoms with van der Waals surface area (Å²) in [6.45, 7) is 15.7. The highest BCUT2D eigenvalue weighted by Crippen LogP contribution is 2.50. The number of rotatable bonds is 5. The number of nitrogens with zero attached hydrogens (tertiary/aromatic N) is 2. The number of hydrogen-bond donors (Lipinski definition) is 1. The third kappa shape index (κ3) is 5.91. The van der Waals surface area contributed by atoms with Crippen molar-refractivity contribution in [3.05, 3.63) is 81.3 Å². The Morgan fingerprint density at radius 2 is 1.48 bits per heavy atom. The molecule has 4 aromatic rings. The first-order valence-corrected chi connectivity index (χ1v) is 15.4. The smallest absolute Gasteiger partial charge is 0.342 e. The number of benzene rings is 2. The maximum Gasteiger partial charge on any atom is 0.342 e. The molecule has 2 aromatic heterocycles. The van der Waals surface area contributed by atoms with Crippen molar-refractivity contribution in [2.75, 3.05) is 0 Å². The minimum atomic E-state index is -0.496. The third-order valence-electron chi connectivity index (χ3n) is 8.51. The number of carbonyl (C=O) groups is 1. The zero-order valence-corrected chi connectivity index (χ0v) is 27.0. The van der Waals surface area contributed by atoms with E-state index in [1.54, 1.807) is 12.1 Å². The average molecular weight is 635 g/mol. The molecule has 7 nitrogen and oxygen atoms in total. The van der Waals surface area contributed by atoms with Gasteiger partial charge in [-0.2, -0.15) is 4.98 Å². The van der Waals surface area contributed by atoms with Crippen LogP contribution in [0.2, 0.25) is 0 Å². The molecule has 42 heavy (non-hydrogen) atoms. The van der Waals surface area contributed by atoms with Gasteiger partial charge in [0.2, 0.25) is 0 Å². The van der Waals surface area contributed by atoms with Gasteiger partial charge in [-0.05, 0) is 63.2 Å². The number of H-pyrrole nitrogens is 1. The summed E-state index contributed by atoms with van der Waals surface area (Å²) in [5, 5.41) is 0. The molecule has 1 aliphatic rings. The first kappa shape index (κ1) is 30.1. The summed E-state index contributed by atoms with van der Waals surface area (Å²) in [4.78, 5) is 35.3. The van der Waals surface area contributed by atoms with Crippen molar-refractivity contribution >= 4 is 27.5 Å². The molecule has 5 rings (SSSR count). The molecular formula is C34H40BrN3O4. The Labute approximate surface area is 255 Å². The van der Waals surface area contributed by atoms with E-state index in [1.165, 1.54) is 4.40 Å². The molecule has 0 radical (unpaired) electrons. The van der Waals surface area contributed by atoms with Gasteiger partial charge in [0.05, 0.1) is 0 Å². The molecule has 0 bridgehead atoms. The molecule has 0 spiro atoms. The summed E-state index contributed by atoms with van der Waals surface area (Å²) in [5.41, 5.74) is 1.10. The molecule has 2 heterocycles. The number of aromatic nitrogens is 3. The Balaban J connectivity index is 1.68.